The number of aromatic nitrogens is 1. The standard InChI is InChI=1S/C10H9F2N3O2/c11-10(12)8-1-5(3-13)6(4-14)7(15-8)2-9(16)17/h1,10H,2-3,13H2,(H,16,17). The third-order valence-corrected chi connectivity index (χ3v) is 2.07. The molecule has 0 spiro atoms. The van der Waals surface area contributed by atoms with E-state index in [9.17, 15) is 13.6 Å². The van der Waals surface area contributed by atoms with Gasteiger partial charge in [-0.25, -0.2) is 13.8 Å². The molecule has 7 heteroatoms. The first-order valence-electron chi connectivity index (χ1n) is 4.62. The Bertz CT molecular complexity index is 483. The zero-order valence-electron chi connectivity index (χ0n) is 8.65. The van der Waals surface area contributed by atoms with E-state index in [-0.39, 0.29) is 23.4 Å². The summed E-state index contributed by atoms with van der Waals surface area (Å²) in [4.78, 5) is 14.0. The Morgan fingerprint density at radius 2 is 2.29 bits per heavy atom. The molecule has 0 aliphatic heterocycles. The molecule has 0 aliphatic rings. The van der Waals surface area contributed by atoms with Gasteiger partial charge in [0.2, 0.25) is 0 Å². The quantitative estimate of drug-likeness (QED) is 0.818. The molecule has 0 bridgehead atoms. The van der Waals surface area contributed by atoms with Crippen LogP contribution in [-0.4, -0.2) is 16.1 Å². The van der Waals surface area contributed by atoms with Crippen LogP contribution in [0, 0.1) is 11.3 Å². The van der Waals surface area contributed by atoms with Crippen LogP contribution in [0.25, 0.3) is 0 Å². The highest BCUT2D eigenvalue weighted by Gasteiger charge is 2.18. The van der Waals surface area contributed by atoms with Gasteiger partial charge in [-0.1, -0.05) is 0 Å². The van der Waals surface area contributed by atoms with Crippen LogP contribution < -0.4 is 5.73 Å². The van der Waals surface area contributed by atoms with E-state index in [1.54, 1.807) is 6.07 Å². The fourth-order valence-corrected chi connectivity index (χ4v) is 1.36. The predicted molar refractivity (Wildman–Crippen MR) is 53.1 cm³/mol. The maximum Gasteiger partial charge on any atom is 0.309 e. The van der Waals surface area contributed by atoms with Gasteiger partial charge in [-0.15, -0.1) is 0 Å². The molecule has 0 radical (unpaired) electrons. The Balaban J connectivity index is 3.38. The second kappa shape index (κ2) is 5.32. The van der Waals surface area contributed by atoms with E-state index in [0.717, 1.165) is 6.07 Å². The second-order valence-corrected chi connectivity index (χ2v) is 3.22. The predicted octanol–water partition coefficient (Wildman–Crippen LogP) is 0.977. The van der Waals surface area contributed by atoms with Crippen molar-refractivity contribution in [1.29, 1.82) is 5.26 Å². The summed E-state index contributed by atoms with van der Waals surface area (Å²) in [7, 11) is 0. The number of nitrogens with two attached hydrogens (primary N) is 1. The Kier molecular flexibility index (Phi) is 4.06. The number of rotatable bonds is 4. The van der Waals surface area contributed by atoms with Crippen molar-refractivity contribution < 1.29 is 18.7 Å². The largest absolute Gasteiger partial charge is 0.481 e. The second-order valence-electron chi connectivity index (χ2n) is 3.22. The molecule has 0 saturated carbocycles. The Hall–Kier alpha value is -2.07. The topological polar surface area (TPSA) is 100 Å². The van der Waals surface area contributed by atoms with Gasteiger partial charge in [0.25, 0.3) is 6.43 Å². The summed E-state index contributed by atoms with van der Waals surface area (Å²) in [6, 6.07) is 2.76. The summed E-state index contributed by atoms with van der Waals surface area (Å²) >= 11 is 0. The SMILES string of the molecule is N#Cc1c(CN)cc(C(F)F)nc1CC(=O)O. The number of hydrogen-bond donors (Lipinski definition) is 2. The van der Waals surface area contributed by atoms with Crippen LogP contribution in [0.4, 0.5) is 8.78 Å². The molecule has 0 aromatic carbocycles. The van der Waals surface area contributed by atoms with Crippen molar-refractivity contribution in [1.82, 2.24) is 4.98 Å². The Morgan fingerprint density at radius 3 is 2.71 bits per heavy atom. The van der Waals surface area contributed by atoms with E-state index in [1.165, 1.54) is 0 Å². The van der Waals surface area contributed by atoms with E-state index in [4.69, 9.17) is 16.1 Å². The molecule has 3 N–H and O–H groups in total. The molecule has 0 fully saturated rings. The van der Waals surface area contributed by atoms with Gasteiger partial charge in [0.15, 0.2) is 0 Å². The maximum absolute atomic E-state index is 12.5. The van der Waals surface area contributed by atoms with E-state index in [1.807, 2.05) is 0 Å². The van der Waals surface area contributed by atoms with Gasteiger partial charge < -0.3 is 10.8 Å². The van der Waals surface area contributed by atoms with Crippen molar-refractivity contribution in [3.63, 3.8) is 0 Å². The van der Waals surface area contributed by atoms with Crippen LogP contribution in [0.15, 0.2) is 6.07 Å². The van der Waals surface area contributed by atoms with Crippen molar-refractivity contribution in [3.8, 4) is 6.07 Å². The molecule has 1 aromatic rings. The first-order valence-corrected chi connectivity index (χ1v) is 4.62. The van der Waals surface area contributed by atoms with Crippen molar-refractivity contribution in [2.45, 2.75) is 19.4 Å². The highest BCUT2D eigenvalue weighted by Crippen LogP contribution is 2.22. The number of aliphatic carboxylic acids is 1. The number of carbonyl (C=O) groups is 1. The average molecular weight is 241 g/mol. The number of pyridine rings is 1. The molecule has 5 nitrogen and oxygen atoms in total. The Labute approximate surface area is 95.5 Å². The molecule has 0 saturated heterocycles. The normalized spacial score (nSPS) is 10.3. The molecule has 17 heavy (non-hydrogen) atoms. The zero-order chi connectivity index (χ0) is 13.0. The summed E-state index contributed by atoms with van der Waals surface area (Å²) in [5.41, 5.74) is 4.71. The van der Waals surface area contributed by atoms with Crippen LogP contribution in [-0.2, 0) is 17.8 Å². The maximum atomic E-state index is 12.5. The molecule has 0 atom stereocenters. The van der Waals surface area contributed by atoms with E-state index in [0.29, 0.717) is 0 Å². The van der Waals surface area contributed by atoms with Gasteiger partial charge in [-0.2, -0.15) is 5.26 Å². The van der Waals surface area contributed by atoms with Crippen molar-refractivity contribution in [3.05, 3.63) is 28.6 Å². The van der Waals surface area contributed by atoms with E-state index < -0.39 is 24.5 Å². The summed E-state index contributed by atoms with van der Waals surface area (Å²) < 4.78 is 25.0. The molecule has 1 rings (SSSR count). The number of alkyl halides is 2. The van der Waals surface area contributed by atoms with Crippen LogP contribution >= 0.6 is 0 Å². The van der Waals surface area contributed by atoms with Gasteiger partial charge in [0.05, 0.1) is 17.7 Å². The lowest BCUT2D eigenvalue weighted by Gasteiger charge is -2.09. The minimum absolute atomic E-state index is 0.0423. The van der Waals surface area contributed by atoms with Crippen LogP contribution in [0.5, 0.6) is 0 Å². The lowest BCUT2D eigenvalue weighted by Crippen LogP contribution is -2.11. The summed E-state index contributed by atoms with van der Waals surface area (Å²) in [6.45, 7) is -0.127. The van der Waals surface area contributed by atoms with Crippen LogP contribution in [0.3, 0.4) is 0 Å². The van der Waals surface area contributed by atoms with Crippen molar-refractivity contribution in [2.75, 3.05) is 0 Å². The highest BCUT2D eigenvalue weighted by molar-refractivity contribution is 5.71. The molecular formula is C10H9F2N3O2. The Morgan fingerprint density at radius 1 is 1.65 bits per heavy atom. The first kappa shape index (κ1) is 13.0. The minimum Gasteiger partial charge on any atom is -0.481 e. The van der Waals surface area contributed by atoms with Gasteiger partial charge in [0.1, 0.15) is 11.8 Å². The van der Waals surface area contributed by atoms with Gasteiger partial charge in [0, 0.05) is 6.54 Å². The molecule has 0 amide bonds. The van der Waals surface area contributed by atoms with Gasteiger partial charge >= 0.3 is 5.97 Å². The molecule has 0 unspecified atom stereocenters. The molecule has 1 heterocycles. The zero-order valence-corrected chi connectivity index (χ0v) is 8.65. The number of nitrogens with zero attached hydrogens (tertiary/aromatic N) is 2. The molecule has 0 aliphatic carbocycles. The van der Waals surface area contributed by atoms with Crippen molar-refractivity contribution >= 4 is 5.97 Å². The monoisotopic (exact) mass is 241 g/mol. The van der Waals surface area contributed by atoms with E-state index >= 15 is 0 Å². The number of carboxylic acid groups (broad SMARTS) is 1. The number of hydrogen-bond acceptors (Lipinski definition) is 4. The average Bonchev–Trinajstić information content (AvgIpc) is 2.26. The number of halogens is 2. The van der Waals surface area contributed by atoms with Crippen LogP contribution in [0.2, 0.25) is 0 Å². The third-order valence-electron chi connectivity index (χ3n) is 2.07. The summed E-state index contributed by atoms with van der Waals surface area (Å²) in [5.74, 6) is -1.25. The molecule has 1 aromatic heterocycles. The fraction of sp³-hybridized carbons (Fsp3) is 0.300. The first-order chi connectivity index (χ1) is 7.99. The third kappa shape index (κ3) is 2.95. The molecular weight excluding hydrogens is 232 g/mol. The van der Waals surface area contributed by atoms with Crippen LogP contribution in [0.1, 0.15) is 28.9 Å². The fourth-order valence-electron chi connectivity index (χ4n) is 1.36. The lowest BCUT2D eigenvalue weighted by molar-refractivity contribution is -0.136. The molecule has 90 valence electrons. The number of nitriles is 1. The number of carboxylic acids is 1. The van der Waals surface area contributed by atoms with Crippen molar-refractivity contribution in [2.24, 2.45) is 5.73 Å². The smallest absolute Gasteiger partial charge is 0.309 e. The highest BCUT2D eigenvalue weighted by atomic mass is 19.3. The van der Waals surface area contributed by atoms with E-state index in [2.05, 4.69) is 4.98 Å². The van der Waals surface area contributed by atoms with Gasteiger partial charge in [-0.05, 0) is 11.6 Å². The van der Waals surface area contributed by atoms with Gasteiger partial charge in [-0.3, -0.25) is 4.79 Å². The summed E-state index contributed by atoms with van der Waals surface area (Å²) in [5, 5.41) is 17.5. The minimum atomic E-state index is -2.83. The lowest BCUT2D eigenvalue weighted by atomic mass is 10.0. The summed E-state index contributed by atoms with van der Waals surface area (Å²) in [6.07, 6.45) is -3.42.